The van der Waals surface area contributed by atoms with Gasteiger partial charge in [-0.25, -0.2) is 0 Å². The molecule has 0 bridgehead atoms. The maximum absolute atomic E-state index is 12.6. The van der Waals surface area contributed by atoms with E-state index in [0.717, 1.165) is 18.7 Å². The number of nitrogens with one attached hydrogen (secondary N) is 2. The van der Waals surface area contributed by atoms with Crippen LogP contribution in [0.4, 0.5) is 0 Å². The summed E-state index contributed by atoms with van der Waals surface area (Å²) in [5, 5.41) is 5.75. The summed E-state index contributed by atoms with van der Waals surface area (Å²) in [5.74, 6) is 0.368. The van der Waals surface area contributed by atoms with Gasteiger partial charge in [-0.2, -0.15) is 0 Å². The van der Waals surface area contributed by atoms with Crippen molar-refractivity contribution < 1.29 is 14.0 Å². The lowest BCUT2D eigenvalue weighted by molar-refractivity contribution is 0.0943. The van der Waals surface area contributed by atoms with Gasteiger partial charge in [0.25, 0.3) is 11.8 Å². The first-order valence-corrected chi connectivity index (χ1v) is 11.0. The van der Waals surface area contributed by atoms with Crippen molar-refractivity contribution in [3.63, 3.8) is 0 Å². The lowest BCUT2D eigenvalue weighted by Gasteiger charge is -2.24. The van der Waals surface area contributed by atoms with Crippen LogP contribution >= 0.6 is 0 Å². The van der Waals surface area contributed by atoms with Crippen LogP contribution in [-0.4, -0.2) is 29.3 Å². The van der Waals surface area contributed by atoms with Crippen molar-refractivity contribution in [2.45, 2.75) is 46.4 Å². The predicted molar refractivity (Wildman–Crippen MR) is 125 cm³/mol. The fourth-order valence-corrected chi connectivity index (χ4v) is 3.45. The van der Waals surface area contributed by atoms with Gasteiger partial charge in [-0.05, 0) is 67.9 Å². The molecule has 3 rings (SSSR count). The molecule has 0 fully saturated rings. The topological polar surface area (TPSA) is 74.6 Å². The van der Waals surface area contributed by atoms with Crippen molar-refractivity contribution in [3.05, 3.63) is 94.9 Å². The van der Waals surface area contributed by atoms with E-state index in [1.54, 1.807) is 24.5 Å². The number of hydrogen-bond donors (Lipinski definition) is 2. The van der Waals surface area contributed by atoms with E-state index in [1.165, 1.54) is 5.56 Å². The summed E-state index contributed by atoms with van der Waals surface area (Å²) in [6.45, 7) is 9.04. The van der Waals surface area contributed by atoms with Crippen LogP contribution in [0.25, 0.3) is 0 Å². The van der Waals surface area contributed by atoms with Gasteiger partial charge in [-0.1, -0.05) is 31.2 Å². The highest BCUT2D eigenvalue weighted by Crippen LogP contribution is 2.11. The second-order valence-electron chi connectivity index (χ2n) is 8.00. The molecule has 0 aliphatic heterocycles. The van der Waals surface area contributed by atoms with Gasteiger partial charge in [0.05, 0.1) is 12.8 Å². The summed E-state index contributed by atoms with van der Waals surface area (Å²) < 4.78 is 5.23. The molecule has 0 spiro atoms. The molecule has 2 N–H and O–H groups in total. The molecule has 0 aliphatic rings. The zero-order valence-electron chi connectivity index (χ0n) is 18.9. The fraction of sp³-hybridized carbons (Fsp3) is 0.308. The normalized spacial score (nSPS) is 11.0. The van der Waals surface area contributed by atoms with Crippen molar-refractivity contribution in [3.8, 4) is 0 Å². The average Bonchev–Trinajstić information content (AvgIpc) is 3.33. The molecule has 0 saturated heterocycles. The molecule has 1 heterocycles. The van der Waals surface area contributed by atoms with E-state index in [2.05, 4.69) is 36.3 Å². The van der Waals surface area contributed by atoms with Gasteiger partial charge < -0.3 is 15.1 Å². The number of amides is 2. The third-order valence-corrected chi connectivity index (χ3v) is 5.38. The second-order valence-corrected chi connectivity index (χ2v) is 8.00. The minimum Gasteiger partial charge on any atom is -0.467 e. The minimum atomic E-state index is -0.187. The molecule has 2 amide bonds. The van der Waals surface area contributed by atoms with Crippen LogP contribution in [0.2, 0.25) is 0 Å². The lowest BCUT2D eigenvalue weighted by atomic mass is 10.1. The quantitative estimate of drug-likeness (QED) is 0.498. The number of benzene rings is 2. The Labute approximate surface area is 189 Å². The second kappa shape index (κ2) is 11.3. The molecule has 6 heteroatoms. The van der Waals surface area contributed by atoms with E-state index in [4.69, 9.17) is 4.42 Å². The lowest BCUT2D eigenvalue weighted by Crippen LogP contribution is -2.30. The zero-order valence-corrected chi connectivity index (χ0v) is 18.9. The van der Waals surface area contributed by atoms with Gasteiger partial charge in [0.15, 0.2) is 0 Å². The van der Waals surface area contributed by atoms with E-state index >= 15 is 0 Å². The van der Waals surface area contributed by atoms with Crippen LogP contribution in [0.5, 0.6) is 0 Å². The van der Waals surface area contributed by atoms with Crippen molar-refractivity contribution in [2.24, 2.45) is 0 Å². The first kappa shape index (κ1) is 23.3. The van der Waals surface area contributed by atoms with Crippen molar-refractivity contribution in [1.82, 2.24) is 15.5 Å². The van der Waals surface area contributed by atoms with Crippen LogP contribution in [-0.2, 0) is 19.6 Å². The molecule has 0 atom stereocenters. The van der Waals surface area contributed by atoms with Gasteiger partial charge in [0.2, 0.25) is 0 Å². The molecule has 0 radical (unpaired) electrons. The van der Waals surface area contributed by atoms with Gasteiger partial charge in [-0.15, -0.1) is 0 Å². The van der Waals surface area contributed by atoms with E-state index in [1.807, 2.05) is 42.5 Å². The highest BCUT2D eigenvalue weighted by Gasteiger charge is 2.11. The van der Waals surface area contributed by atoms with Crippen LogP contribution < -0.4 is 10.6 Å². The average molecular weight is 434 g/mol. The highest BCUT2D eigenvalue weighted by atomic mass is 16.3. The van der Waals surface area contributed by atoms with Gasteiger partial charge in [-0.3, -0.25) is 14.5 Å². The number of carbonyl (C=O) groups is 2. The van der Waals surface area contributed by atoms with Crippen LogP contribution in [0.15, 0.2) is 71.3 Å². The Bertz CT molecular complexity index is 1010. The van der Waals surface area contributed by atoms with Gasteiger partial charge in [0.1, 0.15) is 5.76 Å². The Hall–Kier alpha value is -3.38. The molecule has 3 aromatic rings. The monoisotopic (exact) mass is 433 g/mol. The third kappa shape index (κ3) is 6.56. The number of furan rings is 1. The summed E-state index contributed by atoms with van der Waals surface area (Å²) in [4.78, 5) is 27.3. The largest absolute Gasteiger partial charge is 0.467 e. The van der Waals surface area contributed by atoms with Crippen molar-refractivity contribution >= 4 is 11.8 Å². The molecule has 0 unspecified atom stereocenters. The maximum Gasteiger partial charge on any atom is 0.251 e. The highest BCUT2D eigenvalue weighted by molar-refractivity contribution is 5.95. The van der Waals surface area contributed by atoms with E-state index in [9.17, 15) is 9.59 Å². The molecular weight excluding hydrogens is 402 g/mol. The molecule has 0 aliphatic carbocycles. The van der Waals surface area contributed by atoms with Crippen molar-refractivity contribution in [2.75, 3.05) is 6.54 Å². The first-order valence-electron chi connectivity index (χ1n) is 11.0. The zero-order chi connectivity index (χ0) is 22.9. The smallest absolute Gasteiger partial charge is 0.251 e. The summed E-state index contributed by atoms with van der Waals surface area (Å²) in [7, 11) is 0. The van der Waals surface area contributed by atoms with Crippen molar-refractivity contribution in [1.29, 1.82) is 0 Å². The minimum absolute atomic E-state index is 0.138. The Morgan fingerprint density at radius 3 is 2.25 bits per heavy atom. The Balaban J connectivity index is 1.53. The first-order chi connectivity index (χ1) is 15.5. The molecule has 2 aromatic carbocycles. The number of carbonyl (C=O) groups excluding carboxylic acids is 2. The van der Waals surface area contributed by atoms with Crippen LogP contribution in [0, 0.1) is 0 Å². The molecular formula is C26H31N3O3. The summed E-state index contributed by atoms with van der Waals surface area (Å²) >= 11 is 0. The summed E-state index contributed by atoms with van der Waals surface area (Å²) in [5.41, 5.74) is 3.20. The Morgan fingerprint density at radius 1 is 0.875 bits per heavy atom. The SMILES string of the molecule is CCN(Cc1ccc(C(=O)NCc2cccc(C(=O)NCc3ccco3)c2)cc1)C(C)C. The predicted octanol–water partition coefficient (Wildman–Crippen LogP) is 4.37. The van der Waals surface area contributed by atoms with Crippen LogP contribution in [0.3, 0.4) is 0 Å². The van der Waals surface area contributed by atoms with E-state index < -0.39 is 0 Å². The standard InChI is InChI=1S/C26H31N3O3/c1-4-29(19(2)3)18-20-10-12-22(13-11-20)25(30)27-16-21-7-5-8-23(15-21)26(31)28-17-24-9-6-14-32-24/h5-15,19H,4,16-18H2,1-3H3,(H,27,30)(H,28,31). The third-order valence-electron chi connectivity index (χ3n) is 5.38. The molecule has 0 saturated carbocycles. The van der Waals surface area contributed by atoms with Gasteiger partial charge >= 0.3 is 0 Å². The maximum atomic E-state index is 12.6. The summed E-state index contributed by atoms with van der Waals surface area (Å²) in [6, 6.07) is 19.0. The number of hydrogen-bond acceptors (Lipinski definition) is 4. The molecule has 1 aromatic heterocycles. The molecule has 6 nitrogen and oxygen atoms in total. The molecule has 168 valence electrons. The summed E-state index contributed by atoms with van der Waals surface area (Å²) in [6.07, 6.45) is 1.57. The van der Waals surface area contributed by atoms with E-state index in [0.29, 0.717) is 36.0 Å². The van der Waals surface area contributed by atoms with E-state index in [-0.39, 0.29) is 11.8 Å². The number of rotatable bonds is 10. The fourth-order valence-electron chi connectivity index (χ4n) is 3.45. The number of nitrogens with zero attached hydrogens (tertiary/aromatic N) is 1. The Kier molecular flexibility index (Phi) is 8.22. The molecule has 32 heavy (non-hydrogen) atoms. The van der Waals surface area contributed by atoms with Gasteiger partial charge in [0, 0.05) is 30.3 Å². The Morgan fingerprint density at radius 2 is 1.59 bits per heavy atom. The van der Waals surface area contributed by atoms with Crippen LogP contribution in [0.1, 0.15) is 58.4 Å².